The van der Waals surface area contributed by atoms with Gasteiger partial charge >= 0.3 is 12.0 Å². The number of terminal acetylenes is 1. The van der Waals surface area contributed by atoms with Crippen LogP contribution in [0, 0.1) is 12.3 Å². The van der Waals surface area contributed by atoms with Crippen LogP contribution < -0.4 is 5.32 Å². The number of aliphatic carboxylic acids is 1. The van der Waals surface area contributed by atoms with Gasteiger partial charge in [-0.3, -0.25) is 9.69 Å². The maximum Gasteiger partial charge on any atom is 0.318 e. The molecule has 2 N–H and O–H groups in total. The lowest BCUT2D eigenvalue weighted by Crippen LogP contribution is -2.52. The molecule has 0 aromatic rings. The molecule has 6 nitrogen and oxygen atoms in total. The minimum absolute atomic E-state index is 0.0276. The second-order valence-corrected chi connectivity index (χ2v) is 3.52. The van der Waals surface area contributed by atoms with Gasteiger partial charge in [-0.15, -0.1) is 6.42 Å². The van der Waals surface area contributed by atoms with Crippen LogP contribution in [0.2, 0.25) is 0 Å². The third kappa shape index (κ3) is 3.79. The van der Waals surface area contributed by atoms with E-state index in [1.165, 1.54) is 0 Å². The van der Waals surface area contributed by atoms with Gasteiger partial charge in [0.1, 0.15) is 0 Å². The molecule has 16 heavy (non-hydrogen) atoms. The van der Waals surface area contributed by atoms with Crippen molar-refractivity contribution in [1.29, 1.82) is 0 Å². The van der Waals surface area contributed by atoms with E-state index in [1.54, 1.807) is 9.80 Å². The number of nitrogens with one attached hydrogen (secondary N) is 1. The maximum absolute atomic E-state index is 11.5. The van der Waals surface area contributed by atoms with Crippen LogP contribution in [-0.4, -0.2) is 66.2 Å². The van der Waals surface area contributed by atoms with Crippen molar-refractivity contribution in [2.75, 3.05) is 39.3 Å². The summed E-state index contributed by atoms with van der Waals surface area (Å²) in [7, 11) is 0. The first-order chi connectivity index (χ1) is 7.63. The molecule has 1 fully saturated rings. The predicted octanol–water partition coefficient (Wildman–Crippen LogP) is -0.969. The van der Waals surface area contributed by atoms with Gasteiger partial charge in [-0.1, -0.05) is 5.92 Å². The summed E-state index contributed by atoms with van der Waals surface area (Å²) in [5.41, 5.74) is 0. The smallest absolute Gasteiger partial charge is 0.318 e. The van der Waals surface area contributed by atoms with E-state index in [9.17, 15) is 9.59 Å². The predicted molar refractivity (Wildman–Crippen MR) is 57.9 cm³/mol. The molecule has 0 saturated carbocycles. The SMILES string of the molecule is C#CCNC(=O)N1CCN(CC(=O)O)CC1. The summed E-state index contributed by atoms with van der Waals surface area (Å²) in [4.78, 5) is 25.4. The van der Waals surface area contributed by atoms with E-state index in [0.717, 1.165) is 0 Å². The molecule has 1 heterocycles. The normalized spacial score (nSPS) is 16.6. The summed E-state index contributed by atoms with van der Waals surface area (Å²) in [6.45, 7) is 2.47. The van der Waals surface area contributed by atoms with Crippen LogP contribution >= 0.6 is 0 Å². The highest BCUT2D eigenvalue weighted by Gasteiger charge is 2.21. The fourth-order valence-corrected chi connectivity index (χ4v) is 1.54. The van der Waals surface area contributed by atoms with Crippen molar-refractivity contribution in [2.45, 2.75) is 0 Å². The molecule has 0 aliphatic carbocycles. The molecule has 0 bridgehead atoms. The lowest BCUT2D eigenvalue weighted by molar-refractivity contribution is -0.138. The van der Waals surface area contributed by atoms with E-state index in [1.807, 2.05) is 0 Å². The molecule has 0 aromatic carbocycles. The van der Waals surface area contributed by atoms with Gasteiger partial charge in [-0.25, -0.2) is 4.79 Å². The van der Waals surface area contributed by atoms with E-state index in [0.29, 0.717) is 26.2 Å². The lowest BCUT2D eigenvalue weighted by atomic mass is 10.3. The number of urea groups is 1. The largest absolute Gasteiger partial charge is 0.480 e. The summed E-state index contributed by atoms with van der Waals surface area (Å²) < 4.78 is 0. The number of rotatable bonds is 3. The number of amides is 2. The molecule has 0 aromatic heterocycles. The zero-order valence-corrected chi connectivity index (χ0v) is 8.98. The van der Waals surface area contributed by atoms with Crippen molar-refractivity contribution in [2.24, 2.45) is 0 Å². The zero-order chi connectivity index (χ0) is 12.0. The van der Waals surface area contributed by atoms with Crippen LogP contribution in [-0.2, 0) is 4.79 Å². The van der Waals surface area contributed by atoms with Crippen molar-refractivity contribution in [3.05, 3.63) is 0 Å². The minimum Gasteiger partial charge on any atom is -0.480 e. The Labute approximate surface area is 94.2 Å². The van der Waals surface area contributed by atoms with E-state index in [-0.39, 0.29) is 19.1 Å². The molecule has 1 saturated heterocycles. The fraction of sp³-hybridized carbons (Fsp3) is 0.600. The fourth-order valence-electron chi connectivity index (χ4n) is 1.54. The summed E-state index contributed by atoms with van der Waals surface area (Å²) in [5.74, 6) is 1.48. The second-order valence-electron chi connectivity index (χ2n) is 3.52. The molecule has 0 spiro atoms. The second kappa shape index (κ2) is 5.98. The van der Waals surface area contributed by atoms with Crippen LogP contribution in [0.5, 0.6) is 0 Å². The molecule has 88 valence electrons. The molecule has 0 atom stereocenters. The Kier molecular flexibility index (Phi) is 4.61. The molecule has 2 amide bonds. The summed E-state index contributed by atoms with van der Waals surface area (Å²) in [6, 6.07) is -0.187. The third-order valence-corrected chi connectivity index (χ3v) is 2.36. The Morgan fingerprint density at radius 1 is 1.31 bits per heavy atom. The summed E-state index contributed by atoms with van der Waals surface area (Å²) in [6.07, 6.45) is 5.03. The summed E-state index contributed by atoms with van der Waals surface area (Å²) >= 11 is 0. The molecule has 6 heteroatoms. The molecule has 0 radical (unpaired) electrons. The Balaban J connectivity index is 2.29. The maximum atomic E-state index is 11.5. The number of nitrogens with zero attached hydrogens (tertiary/aromatic N) is 2. The molecule has 1 aliphatic rings. The molecular weight excluding hydrogens is 210 g/mol. The van der Waals surface area contributed by atoms with Crippen LogP contribution in [0.25, 0.3) is 0 Å². The van der Waals surface area contributed by atoms with Gasteiger partial charge in [-0.2, -0.15) is 0 Å². The van der Waals surface area contributed by atoms with Crippen molar-refractivity contribution < 1.29 is 14.7 Å². The number of piperazine rings is 1. The molecular formula is C10H15N3O3. The summed E-state index contributed by atoms with van der Waals surface area (Å²) in [5, 5.41) is 11.2. The highest BCUT2D eigenvalue weighted by atomic mass is 16.4. The topological polar surface area (TPSA) is 72.9 Å². The average molecular weight is 225 g/mol. The number of carboxylic acids is 1. The standard InChI is InChI=1S/C10H15N3O3/c1-2-3-11-10(16)13-6-4-12(5-7-13)8-9(14)15/h1H,3-8H2,(H,11,16)(H,14,15). The van der Waals surface area contributed by atoms with Crippen molar-refractivity contribution >= 4 is 12.0 Å². The molecule has 1 rings (SSSR count). The van der Waals surface area contributed by atoms with E-state index < -0.39 is 5.97 Å². The minimum atomic E-state index is -0.842. The first-order valence-electron chi connectivity index (χ1n) is 5.04. The first-order valence-corrected chi connectivity index (χ1v) is 5.04. The van der Waals surface area contributed by atoms with Crippen LogP contribution in [0.3, 0.4) is 0 Å². The number of carbonyl (C=O) groups excluding carboxylic acids is 1. The first kappa shape index (κ1) is 12.3. The third-order valence-electron chi connectivity index (χ3n) is 2.36. The number of hydrogen-bond donors (Lipinski definition) is 2. The van der Waals surface area contributed by atoms with Crippen molar-refractivity contribution in [3.8, 4) is 12.3 Å². The van der Waals surface area contributed by atoms with Crippen LogP contribution in [0.1, 0.15) is 0 Å². The van der Waals surface area contributed by atoms with E-state index in [4.69, 9.17) is 11.5 Å². The Hall–Kier alpha value is -1.74. The monoisotopic (exact) mass is 225 g/mol. The van der Waals surface area contributed by atoms with Crippen molar-refractivity contribution in [3.63, 3.8) is 0 Å². The lowest BCUT2D eigenvalue weighted by Gasteiger charge is -2.33. The Bertz CT molecular complexity index is 303. The van der Waals surface area contributed by atoms with Gasteiger partial charge in [0.2, 0.25) is 0 Å². The number of hydrogen-bond acceptors (Lipinski definition) is 3. The Morgan fingerprint density at radius 3 is 2.44 bits per heavy atom. The number of carboxylic acid groups (broad SMARTS) is 1. The van der Waals surface area contributed by atoms with Crippen LogP contribution in [0.4, 0.5) is 4.79 Å². The van der Waals surface area contributed by atoms with Crippen molar-refractivity contribution in [1.82, 2.24) is 15.1 Å². The van der Waals surface area contributed by atoms with Gasteiger partial charge in [0.25, 0.3) is 0 Å². The Morgan fingerprint density at radius 2 is 1.94 bits per heavy atom. The van der Waals surface area contributed by atoms with Gasteiger partial charge in [-0.05, 0) is 0 Å². The van der Waals surface area contributed by atoms with E-state index in [2.05, 4.69) is 11.2 Å². The van der Waals surface area contributed by atoms with Gasteiger partial charge in [0.05, 0.1) is 13.1 Å². The number of carbonyl (C=O) groups is 2. The highest BCUT2D eigenvalue weighted by molar-refractivity contribution is 5.74. The van der Waals surface area contributed by atoms with Gasteiger partial charge in [0, 0.05) is 26.2 Å². The molecule has 1 aliphatic heterocycles. The molecule has 0 unspecified atom stereocenters. The van der Waals surface area contributed by atoms with Gasteiger partial charge < -0.3 is 15.3 Å². The highest BCUT2D eigenvalue weighted by Crippen LogP contribution is 2.01. The average Bonchev–Trinajstić information content (AvgIpc) is 2.26. The van der Waals surface area contributed by atoms with E-state index >= 15 is 0 Å². The van der Waals surface area contributed by atoms with Gasteiger partial charge in [0.15, 0.2) is 0 Å². The quantitative estimate of drug-likeness (QED) is 0.606. The zero-order valence-electron chi connectivity index (χ0n) is 8.98. The van der Waals surface area contributed by atoms with Crippen LogP contribution in [0.15, 0.2) is 0 Å².